The van der Waals surface area contributed by atoms with Gasteiger partial charge in [-0.2, -0.15) is 0 Å². The quantitative estimate of drug-likeness (QED) is 0.898. The lowest BCUT2D eigenvalue weighted by Crippen LogP contribution is -2.34. The average Bonchev–Trinajstić information content (AvgIpc) is 2.97. The van der Waals surface area contributed by atoms with E-state index in [0.29, 0.717) is 17.7 Å². The molecule has 0 spiro atoms. The second-order valence-corrected chi connectivity index (χ2v) is 4.81. The zero-order chi connectivity index (χ0) is 13.0. The second-order valence-electron chi connectivity index (χ2n) is 4.06. The Bertz CT molecular complexity index is 507. The predicted molar refractivity (Wildman–Crippen MR) is 68.6 cm³/mol. The van der Waals surface area contributed by atoms with Gasteiger partial charge in [0, 0.05) is 12.5 Å². The molecule has 2 aromatic heterocycles. The molecule has 0 saturated carbocycles. The Hall–Kier alpha value is -1.69. The van der Waals surface area contributed by atoms with Crippen molar-refractivity contribution in [1.29, 1.82) is 0 Å². The van der Waals surface area contributed by atoms with Crippen LogP contribution >= 0.6 is 11.5 Å². The summed E-state index contributed by atoms with van der Waals surface area (Å²) in [4.78, 5) is 12.6. The number of rotatable bonds is 5. The monoisotopic (exact) mass is 265 g/mol. The fraction of sp³-hybridized carbons (Fsp3) is 0.417. The minimum atomic E-state index is -0.110. The number of carbonyl (C=O) groups excluding carboxylic acids is 1. The molecule has 2 rings (SSSR count). The first-order valence-corrected chi connectivity index (χ1v) is 6.62. The highest BCUT2D eigenvalue weighted by molar-refractivity contribution is 7.08. The molecule has 1 atom stereocenters. The lowest BCUT2D eigenvalue weighted by molar-refractivity contribution is 0.0942. The topological polar surface area (TPSA) is 68.0 Å². The Kier molecular flexibility index (Phi) is 4.09. The zero-order valence-electron chi connectivity index (χ0n) is 10.3. The van der Waals surface area contributed by atoms with E-state index in [0.717, 1.165) is 23.0 Å². The molecule has 2 aromatic rings. The molecule has 0 bridgehead atoms. The van der Waals surface area contributed by atoms with E-state index < -0.39 is 0 Å². The molecule has 0 saturated heterocycles. The van der Waals surface area contributed by atoms with Crippen LogP contribution in [0.1, 0.15) is 35.0 Å². The number of nitrogens with one attached hydrogen (secondary N) is 1. The highest BCUT2D eigenvalue weighted by Crippen LogP contribution is 2.12. The van der Waals surface area contributed by atoms with Crippen LogP contribution in [0.15, 0.2) is 22.8 Å². The van der Waals surface area contributed by atoms with Crippen molar-refractivity contribution in [2.75, 3.05) is 0 Å². The van der Waals surface area contributed by atoms with Gasteiger partial charge in [0.15, 0.2) is 0 Å². The van der Waals surface area contributed by atoms with Gasteiger partial charge in [0.05, 0.1) is 12.0 Å². The number of aromatic nitrogens is 2. The summed E-state index contributed by atoms with van der Waals surface area (Å²) in [6, 6.07) is 3.75. The van der Waals surface area contributed by atoms with E-state index >= 15 is 0 Å². The molecule has 1 unspecified atom stereocenters. The normalized spacial score (nSPS) is 12.3. The smallest absolute Gasteiger partial charge is 0.265 e. The van der Waals surface area contributed by atoms with Crippen LogP contribution in [0.3, 0.4) is 0 Å². The summed E-state index contributed by atoms with van der Waals surface area (Å²) in [6.45, 7) is 3.90. The van der Waals surface area contributed by atoms with Crippen molar-refractivity contribution in [2.45, 2.75) is 32.7 Å². The number of furan rings is 1. The third-order valence-corrected chi connectivity index (χ3v) is 3.33. The average molecular weight is 265 g/mol. The summed E-state index contributed by atoms with van der Waals surface area (Å²) in [5, 5.41) is 6.85. The van der Waals surface area contributed by atoms with E-state index in [4.69, 9.17) is 4.42 Å². The molecule has 0 radical (unpaired) electrons. The molecule has 0 aromatic carbocycles. The van der Waals surface area contributed by atoms with Gasteiger partial charge in [-0.05, 0) is 37.0 Å². The summed E-state index contributed by atoms with van der Waals surface area (Å²) < 4.78 is 9.06. The molecule has 6 heteroatoms. The number of hydrogen-bond donors (Lipinski definition) is 1. The molecule has 0 fully saturated rings. The third-order valence-electron chi connectivity index (χ3n) is 2.56. The first-order valence-electron chi connectivity index (χ1n) is 5.85. The first-order chi connectivity index (χ1) is 8.70. The molecular weight excluding hydrogens is 250 g/mol. The van der Waals surface area contributed by atoms with Crippen LogP contribution in [0.5, 0.6) is 0 Å². The highest BCUT2D eigenvalue weighted by atomic mass is 32.1. The van der Waals surface area contributed by atoms with E-state index in [2.05, 4.69) is 14.9 Å². The minimum absolute atomic E-state index is 0.00968. The van der Waals surface area contributed by atoms with Gasteiger partial charge >= 0.3 is 0 Å². The van der Waals surface area contributed by atoms with Gasteiger partial charge in [0.1, 0.15) is 10.6 Å². The highest BCUT2D eigenvalue weighted by Gasteiger charge is 2.17. The Balaban J connectivity index is 1.95. The van der Waals surface area contributed by atoms with Crippen molar-refractivity contribution < 1.29 is 9.21 Å². The molecule has 1 N–H and O–H groups in total. The van der Waals surface area contributed by atoms with E-state index in [1.807, 2.05) is 26.0 Å². The Morgan fingerprint density at radius 1 is 1.61 bits per heavy atom. The molecule has 0 aliphatic rings. The van der Waals surface area contributed by atoms with Crippen LogP contribution in [-0.2, 0) is 12.8 Å². The van der Waals surface area contributed by atoms with Gasteiger partial charge < -0.3 is 9.73 Å². The van der Waals surface area contributed by atoms with Crippen LogP contribution < -0.4 is 5.32 Å². The summed E-state index contributed by atoms with van der Waals surface area (Å²) in [6.07, 6.45) is 3.02. The lowest BCUT2D eigenvalue weighted by atomic mass is 10.2. The predicted octanol–water partition coefficient (Wildman–Crippen LogP) is 2.05. The first kappa shape index (κ1) is 12.8. The molecule has 18 heavy (non-hydrogen) atoms. The van der Waals surface area contributed by atoms with Gasteiger partial charge in [-0.1, -0.05) is 11.4 Å². The number of amides is 1. The maximum absolute atomic E-state index is 12.0. The Morgan fingerprint density at radius 3 is 3.11 bits per heavy atom. The summed E-state index contributed by atoms with van der Waals surface area (Å²) in [5.74, 6) is 0.752. The fourth-order valence-corrected chi connectivity index (χ4v) is 2.34. The molecule has 0 aliphatic heterocycles. The van der Waals surface area contributed by atoms with Crippen molar-refractivity contribution in [1.82, 2.24) is 14.9 Å². The fourth-order valence-electron chi connectivity index (χ4n) is 1.68. The molecule has 0 aliphatic carbocycles. The van der Waals surface area contributed by atoms with Crippen LogP contribution in [0.2, 0.25) is 0 Å². The maximum atomic E-state index is 12.0. The standard InChI is InChI=1S/C12H15N3O2S/c1-3-10-11(18-15-14-10)12(16)13-8(2)7-9-5-4-6-17-9/h4-6,8H,3,7H2,1-2H3,(H,13,16). The molecule has 2 heterocycles. The van der Waals surface area contributed by atoms with Gasteiger partial charge in [-0.3, -0.25) is 4.79 Å². The van der Waals surface area contributed by atoms with Crippen molar-refractivity contribution in [2.24, 2.45) is 0 Å². The largest absolute Gasteiger partial charge is 0.469 e. The summed E-state index contributed by atoms with van der Waals surface area (Å²) in [7, 11) is 0. The van der Waals surface area contributed by atoms with Crippen molar-refractivity contribution in [3.63, 3.8) is 0 Å². The molecule has 1 amide bonds. The summed E-state index contributed by atoms with van der Waals surface area (Å²) in [5.41, 5.74) is 0.752. The van der Waals surface area contributed by atoms with Gasteiger partial charge in [-0.25, -0.2) is 0 Å². The van der Waals surface area contributed by atoms with Gasteiger partial charge in [0.2, 0.25) is 0 Å². The van der Waals surface area contributed by atoms with E-state index in [1.54, 1.807) is 6.26 Å². The zero-order valence-corrected chi connectivity index (χ0v) is 11.2. The number of hydrogen-bond acceptors (Lipinski definition) is 5. The van der Waals surface area contributed by atoms with Crippen molar-refractivity contribution in [3.05, 3.63) is 34.7 Å². The number of aryl methyl sites for hydroxylation is 1. The van der Waals surface area contributed by atoms with E-state index in [9.17, 15) is 4.79 Å². The van der Waals surface area contributed by atoms with Crippen molar-refractivity contribution >= 4 is 17.4 Å². The van der Waals surface area contributed by atoms with Gasteiger partial charge in [0.25, 0.3) is 5.91 Å². The van der Waals surface area contributed by atoms with E-state index in [1.165, 1.54) is 0 Å². The number of nitrogens with zero attached hydrogens (tertiary/aromatic N) is 2. The molecular formula is C12H15N3O2S. The molecule has 5 nitrogen and oxygen atoms in total. The SMILES string of the molecule is CCc1nnsc1C(=O)NC(C)Cc1ccco1. The lowest BCUT2D eigenvalue weighted by Gasteiger charge is -2.11. The Labute approximate surface area is 109 Å². The number of carbonyl (C=O) groups is 1. The maximum Gasteiger partial charge on any atom is 0.265 e. The van der Waals surface area contributed by atoms with Crippen LogP contribution in [-0.4, -0.2) is 21.5 Å². The third kappa shape index (κ3) is 2.95. The second kappa shape index (κ2) is 5.77. The van der Waals surface area contributed by atoms with Crippen molar-refractivity contribution in [3.8, 4) is 0 Å². The molecule has 96 valence electrons. The Morgan fingerprint density at radius 2 is 2.44 bits per heavy atom. The van der Waals surface area contributed by atoms with Crippen LogP contribution in [0, 0.1) is 0 Å². The van der Waals surface area contributed by atoms with Crippen LogP contribution in [0.4, 0.5) is 0 Å². The van der Waals surface area contributed by atoms with E-state index in [-0.39, 0.29) is 11.9 Å². The van der Waals surface area contributed by atoms with Gasteiger partial charge in [-0.15, -0.1) is 5.10 Å². The summed E-state index contributed by atoms with van der Waals surface area (Å²) >= 11 is 1.14. The van der Waals surface area contributed by atoms with Crippen LogP contribution in [0.25, 0.3) is 0 Å². The minimum Gasteiger partial charge on any atom is -0.469 e.